The second kappa shape index (κ2) is 12.2. The van der Waals surface area contributed by atoms with Crippen molar-refractivity contribution in [1.82, 2.24) is 10.6 Å². The van der Waals surface area contributed by atoms with Crippen LogP contribution in [0.4, 0.5) is 0 Å². The summed E-state index contributed by atoms with van der Waals surface area (Å²) in [5.41, 5.74) is 2.63. The Labute approximate surface area is 209 Å². The summed E-state index contributed by atoms with van der Waals surface area (Å²) in [6.07, 6.45) is 1.57. The number of amides is 2. The van der Waals surface area contributed by atoms with Gasteiger partial charge in [-0.1, -0.05) is 91.0 Å². The van der Waals surface area contributed by atoms with E-state index in [0.717, 1.165) is 16.7 Å². The molecule has 3 aromatic carbocycles. The minimum absolute atomic E-state index is 0.0761. The lowest BCUT2D eigenvalue weighted by atomic mass is 9.99. The number of hydrogen-bond acceptors (Lipinski definition) is 5. The van der Waals surface area contributed by atoms with Crippen LogP contribution in [0.15, 0.2) is 114 Å². The van der Waals surface area contributed by atoms with Crippen molar-refractivity contribution in [2.24, 2.45) is 0 Å². The van der Waals surface area contributed by atoms with Gasteiger partial charge >= 0.3 is 5.97 Å². The van der Waals surface area contributed by atoms with Crippen LogP contribution in [-0.4, -0.2) is 30.4 Å². The third-order valence-corrected chi connectivity index (χ3v) is 5.53. The number of benzene rings is 3. The summed E-state index contributed by atoms with van der Waals surface area (Å²) in [5, 5.41) is 5.58. The lowest BCUT2D eigenvalue weighted by Gasteiger charge is -2.21. The highest BCUT2D eigenvalue weighted by molar-refractivity contribution is 5.94. The summed E-state index contributed by atoms with van der Waals surface area (Å²) in [6.45, 7) is -0.489. The third kappa shape index (κ3) is 6.70. The second-order valence-electron chi connectivity index (χ2n) is 8.12. The molecule has 0 bridgehead atoms. The Hall–Kier alpha value is -4.65. The SMILES string of the molecule is O=C(COC(=O)[C@@H](Cc1ccccc1)NC(=O)c1ccco1)NC(c1ccccc1)c1ccccc1. The van der Waals surface area contributed by atoms with E-state index in [1.54, 1.807) is 6.07 Å². The van der Waals surface area contributed by atoms with Crippen LogP contribution in [0.1, 0.15) is 33.3 Å². The maximum Gasteiger partial charge on any atom is 0.329 e. The monoisotopic (exact) mass is 482 g/mol. The first-order valence-corrected chi connectivity index (χ1v) is 11.5. The Bertz CT molecular complexity index is 1220. The van der Waals surface area contributed by atoms with E-state index >= 15 is 0 Å². The predicted octanol–water partition coefficient (Wildman–Crippen LogP) is 4.07. The molecule has 182 valence electrons. The van der Waals surface area contributed by atoms with Crippen molar-refractivity contribution in [2.75, 3.05) is 6.61 Å². The van der Waals surface area contributed by atoms with Gasteiger partial charge in [0.2, 0.25) is 0 Å². The van der Waals surface area contributed by atoms with Crippen LogP contribution in [0, 0.1) is 0 Å². The van der Waals surface area contributed by atoms with Gasteiger partial charge in [-0.2, -0.15) is 0 Å². The quantitative estimate of drug-likeness (QED) is 0.332. The molecule has 1 aromatic heterocycles. The summed E-state index contributed by atoms with van der Waals surface area (Å²) in [7, 11) is 0. The molecule has 2 N–H and O–H groups in total. The van der Waals surface area contributed by atoms with Crippen LogP contribution < -0.4 is 10.6 Å². The third-order valence-electron chi connectivity index (χ3n) is 5.53. The molecule has 7 nitrogen and oxygen atoms in total. The highest BCUT2D eigenvalue weighted by Gasteiger charge is 2.26. The Balaban J connectivity index is 1.42. The lowest BCUT2D eigenvalue weighted by Crippen LogP contribution is -2.44. The van der Waals surface area contributed by atoms with Gasteiger partial charge in [0.1, 0.15) is 6.04 Å². The van der Waals surface area contributed by atoms with Crippen molar-refractivity contribution in [3.05, 3.63) is 132 Å². The Morgan fingerprint density at radius 3 is 1.86 bits per heavy atom. The smallest absolute Gasteiger partial charge is 0.329 e. The molecule has 0 saturated carbocycles. The van der Waals surface area contributed by atoms with Crippen LogP contribution >= 0.6 is 0 Å². The van der Waals surface area contributed by atoms with Gasteiger partial charge < -0.3 is 19.8 Å². The van der Waals surface area contributed by atoms with Crippen molar-refractivity contribution in [3.8, 4) is 0 Å². The molecule has 0 spiro atoms. The molecule has 4 aromatic rings. The highest BCUT2D eigenvalue weighted by Crippen LogP contribution is 2.21. The second-order valence-corrected chi connectivity index (χ2v) is 8.12. The van der Waals surface area contributed by atoms with Crippen molar-refractivity contribution < 1.29 is 23.5 Å². The average Bonchev–Trinajstić information content (AvgIpc) is 3.47. The summed E-state index contributed by atoms with van der Waals surface area (Å²) in [5.74, 6) is -1.65. The van der Waals surface area contributed by atoms with Gasteiger partial charge in [-0.25, -0.2) is 4.79 Å². The maximum atomic E-state index is 12.9. The van der Waals surface area contributed by atoms with E-state index in [0.29, 0.717) is 0 Å². The Morgan fingerprint density at radius 2 is 1.31 bits per heavy atom. The zero-order chi connectivity index (χ0) is 25.2. The van der Waals surface area contributed by atoms with E-state index in [9.17, 15) is 14.4 Å². The van der Waals surface area contributed by atoms with Gasteiger partial charge in [0, 0.05) is 6.42 Å². The van der Waals surface area contributed by atoms with Crippen molar-refractivity contribution in [2.45, 2.75) is 18.5 Å². The first-order chi connectivity index (χ1) is 17.6. The van der Waals surface area contributed by atoms with E-state index in [1.165, 1.54) is 12.3 Å². The molecule has 1 atom stereocenters. The lowest BCUT2D eigenvalue weighted by molar-refractivity contribution is -0.150. The summed E-state index contributed by atoms with van der Waals surface area (Å²) in [6, 6.07) is 30.0. The van der Waals surface area contributed by atoms with E-state index < -0.39 is 36.5 Å². The molecule has 0 fully saturated rings. The number of carbonyl (C=O) groups is 3. The zero-order valence-electron chi connectivity index (χ0n) is 19.5. The van der Waals surface area contributed by atoms with Gasteiger partial charge in [-0.05, 0) is 28.8 Å². The fraction of sp³-hybridized carbons (Fsp3) is 0.138. The maximum absolute atomic E-state index is 12.9. The molecule has 4 rings (SSSR count). The number of ether oxygens (including phenoxy) is 1. The number of furan rings is 1. The number of esters is 1. The Kier molecular flexibility index (Phi) is 8.27. The molecule has 7 heteroatoms. The normalized spacial score (nSPS) is 11.5. The minimum Gasteiger partial charge on any atom is -0.459 e. The number of hydrogen-bond donors (Lipinski definition) is 2. The van der Waals surface area contributed by atoms with Gasteiger partial charge in [-0.15, -0.1) is 0 Å². The van der Waals surface area contributed by atoms with Gasteiger partial charge in [0.25, 0.3) is 11.8 Å². The topological polar surface area (TPSA) is 97.6 Å². The Morgan fingerprint density at radius 1 is 0.722 bits per heavy atom. The molecular weight excluding hydrogens is 456 g/mol. The molecule has 0 aliphatic rings. The van der Waals surface area contributed by atoms with Crippen LogP contribution in [0.5, 0.6) is 0 Å². The van der Waals surface area contributed by atoms with Gasteiger partial charge in [0.05, 0.1) is 12.3 Å². The van der Waals surface area contributed by atoms with Crippen LogP contribution in [0.25, 0.3) is 0 Å². The van der Waals surface area contributed by atoms with E-state index in [1.807, 2.05) is 91.0 Å². The molecule has 0 aliphatic heterocycles. The minimum atomic E-state index is -1.00. The van der Waals surface area contributed by atoms with E-state index in [4.69, 9.17) is 9.15 Å². The van der Waals surface area contributed by atoms with Crippen LogP contribution in [0.2, 0.25) is 0 Å². The molecule has 36 heavy (non-hydrogen) atoms. The summed E-state index contributed by atoms with van der Waals surface area (Å²) < 4.78 is 10.5. The number of nitrogens with one attached hydrogen (secondary N) is 2. The molecular formula is C29H26N2O5. The molecule has 0 radical (unpaired) electrons. The fourth-order valence-electron chi connectivity index (χ4n) is 3.77. The first kappa shape index (κ1) is 24.5. The van der Waals surface area contributed by atoms with Crippen LogP contribution in [0.3, 0.4) is 0 Å². The van der Waals surface area contributed by atoms with Gasteiger partial charge in [-0.3, -0.25) is 9.59 Å². The molecule has 0 aliphatic carbocycles. The van der Waals surface area contributed by atoms with Crippen LogP contribution in [-0.2, 0) is 20.7 Å². The molecule has 2 amide bonds. The van der Waals surface area contributed by atoms with Crippen molar-refractivity contribution in [3.63, 3.8) is 0 Å². The standard InChI is InChI=1S/C29H26N2O5/c32-26(31-27(22-13-6-2-7-14-22)23-15-8-3-9-16-23)20-36-29(34)24(19-21-11-4-1-5-12-21)30-28(33)25-17-10-18-35-25/h1-18,24,27H,19-20H2,(H,30,33)(H,31,32)/t24-/m1/s1. The zero-order valence-corrected chi connectivity index (χ0v) is 19.5. The van der Waals surface area contributed by atoms with Gasteiger partial charge in [0.15, 0.2) is 12.4 Å². The van der Waals surface area contributed by atoms with Crippen molar-refractivity contribution in [1.29, 1.82) is 0 Å². The van der Waals surface area contributed by atoms with E-state index in [-0.39, 0.29) is 12.2 Å². The number of rotatable bonds is 10. The van der Waals surface area contributed by atoms with E-state index in [2.05, 4.69) is 10.6 Å². The predicted molar refractivity (Wildman–Crippen MR) is 134 cm³/mol. The molecule has 0 saturated heterocycles. The van der Waals surface area contributed by atoms with Crippen molar-refractivity contribution >= 4 is 17.8 Å². The largest absolute Gasteiger partial charge is 0.459 e. The average molecular weight is 483 g/mol. The summed E-state index contributed by atoms with van der Waals surface area (Å²) >= 11 is 0. The summed E-state index contributed by atoms with van der Waals surface area (Å²) in [4.78, 5) is 38.3. The first-order valence-electron chi connectivity index (χ1n) is 11.5. The highest BCUT2D eigenvalue weighted by atomic mass is 16.5. The molecule has 1 heterocycles. The molecule has 0 unspecified atom stereocenters. The number of carbonyl (C=O) groups excluding carboxylic acids is 3. The fourth-order valence-corrected chi connectivity index (χ4v) is 3.77.